The second-order valence-corrected chi connectivity index (χ2v) is 4.70. The molecule has 2 rings (SSSR count). The van der Waals surface area contributed by atoms with Gasteiger partial charge < -0.3 is 25.2 Å². The molecule has 2 amide bonds. The van der Waals surface area contributed by atoms with E-state index in [1.807, 2.05) is 0 Å². The number of hydrogen-bond donors (Lipinski definition) is 3. The quantitative estimate of drug-likeness (QED) is 0.646. The molecule has 0 aromatic carbocycles. The van der Waals surface area contributed by atoms with Gasteiger partial charge in [-0.05, 0) is 12.8 Å². The number of rotatable bonds is 3. The van der Waals surface area contributed by atoms with Crippen molar-refractivity contribution in [1.29, 1.82) is 0 Å². The Balaban J connectivity index is 1.87. The summed E-state index contributed by atoms with van der Waals surface area (Å²) >= 11 is 0. The maximum Gasteiger partial charge on any atom is 0.332 e. The third-order valence-corrected chi connectivity index (χ3v) is 3.28. The molecule has 0 aromatic heterocycles. The van der Waals surface area contributed by atoms with Crippen molar-refractivity contribution in [2.45, 2.75) is 30.8 Å². The molecule has 0 bridgehead atoms. The number of carboxylic acid groups (broad SMARTS) is 1. The van der Waals surface area contributed by atoms with Gasteiger partial charge in [-0.2, -0.15) is 0 Å². The summed E-state index contributed by atoms with van der Waals surface area (Å²) in [6, 6.07) is -0.523. The van der Waals surface area contributed by atoms with Gasteiger partial charge in [0.2, 0.25) is 0 Å². The Morgan fingerprint density at radius 2 is 2.11 bits per heavy atom. The summed E-state index contributed by atoms with van der Waals surface area (Å²) in [5.74, 6) is -1.06. The third kappa shape index (κ3) is 2.91. The summed E-state index contributed by atoms with van der Waals surface area (Å²) < 4.78 is 10.3. The molecule has 0 saturated carbocycles. The van der Waals surface area contributed by atoms with Crippen LogP contribution in [0.25, 0.3) is 0 Å². The van der Waals surface area contributed by atoms with Crippen LogP contribution in [0.3, 0.4) is 0 Å². The lowest BCUT2D eigenvalue weighted by molar-refractivity contribution is -0.144. The van der Waals surface area contributed by atoms with E-state index in [9.17, 15) is 14.7 Å². The van der Waals surface area contributed by atoms with E-state index in [1.54, 1.807) is 0 Å². The third-order valence-electron chi connectivity index (χ3n) is 3.28. The van der Waals surface area contributed by atoms with E-state index in [4.69, 9.17) is 9.47 Å². The number of carbonyl (C=O) groups excluding carboxylic acids is 1. The first-order valence-electron chi connectivity index (χ1n) is 6.10. The average Bonchev–Trinajstić information content (AvgIpc) is 2.80. The van der Waals surface area contributed by atoms with Gasteiger partial charge in [-0.3, -0.25) is 0 Å². The van der Waals surface area contributed by atoms with E-state index in [0.717, 1.165) is 12.8 Å². The highest BCUT2D eigenvalue weighted by Crippen LogP contribution is 2.19. The second-order valence-electron chi connectivity index (χ2n) is 4.70. The highest BCUT2D eigenvalue weighted by atomic mass is 16.5. The summed E-state index contributed by atoms with van der Waals surface area (Å²) in [5, 5.41) is 14.4. The van der Waals surface area contributed by atoms with Crippen LogP contribution in [-0.2, 0) is 14.3 Å². The molecule has 2 aliphatic rings. The minimum atomic E-state index is -1.29. The topological polar surface area (TPSA) is 96.9 Å². The number of ether oxygens (including phenoxy) is 2. The molecule has 7 heteroatoms. The summed E-state index contributed by atoms with van der Waals surface area (Å²) in [6.07, 6.45) is 2.04. The van der Waals surface area contributed by atoms with Crippen molar-refractivity contribution in [3.05, 3.63) is 0 Å². The fourth-order valence-electron chi connectivity index (χ4n) is 2.18. The Morgan fingerprint density at radius 3 is 2.67 bits per heavy atom. The van der Waals surface area contributed by atoms with E-state index in [2.05, 4.69) is 10.6 Å². The fourth-order valence-corrected chi connectivity index (χ4v) is 2.18. The smallest absolute Gasteiger partial charge is 0.332 e. The van der Waals surface area contributed by atoms with E-state index >= 15 is 0 Å². The van der Waals surface area contributed by atoms with Crippen LogP contribution in [0.5, 0.6) is 0 Å². The van der Waals surface area contributed by atoms with Crippen LogP contribution in [0.15, 0.2) is 0 Å². The molecule has 2 aliphatic heterocycles. The standard InChI is InChI=1S/C11H18N2O5/c14-9(15)11(3-5-18-7-11)13-10(16)12-8-2-1-4-17-6-8/h8H,1-7H2,(H,14,15)(H2,12,13,16). The van der Waals surface area contributed by atoms with Gasteiger partial charge in [-0.1, -0.05) is 0 Å². The summed E-state index contributed by atoms with van der Waals surface area (Å²) in [6.45, 7) is 1.55. The van der Waals surface area contributed by atoms with Crippen molar-refractivity contribution in [2.24, 2.45) is 0 Å². The van der Waals surface area contributed by atoms with Crippen molar-refractivity contribution in [3.63, 3.8) is 0 Å². The Labute approximate surface area is 105 Å². The van der Waals surface area contributed by atoms with E-state index < -0.39 is 17.5 Å². The van der Waals surface area contributed by atoms with Crippen molar-refractivity contribution in [1.82, 2.24) is 10.6 Å². The maximum atomic E-state index is 11.8. The van der Waals surface area contributed by atoms with Crippen LogP contribution in [0, 0.1) is 0 Å². The zero-order valence-electron chi connectivity index (χ0n) is 10.1. The maximum absolute atomic E-state index is 11.8. The predicted octanol–water partition coefficient (Wildman–Crippen LogP) is -0.292. The molecule has 102 valence electrons. The minimum absolute atomic E-state index is 0.0108. The largest absolute Gasteiger partial charge is 0.479 e. The number of carbonyl (C=O) groups is 2. The first kappa shape index (κ1) is 13.1. The Kier molecular flexibility index (Phi) is 4.03. The number of amides is 2. The van der Waals surface area contributed by atoms with E-state index in [1.165, 1.54) is 0 Å². The Bertz CT molecular complexity index is 321. The second kappa shape index (κ2) is 5.53. The first-order valence-corrected chi connectivity index (χ1v) is 6.10. The Morgan fingerprint density at radius 1 is 1.28 bits per heavy atom. The zero-order chi connectivity index (χ0) is 13.0. The number of carboxylic acids is 1. The molecule has 7 nitrogen and oxygen atoms in total. The van der Waals surface area contributed by atoms with Gasteiger partial charge in [0.25, 0.3) is 0 Å². The molecule has 0 spiro atoms. The number of urea groups is 1. The normalized spacial score (nSPS) is 31.9. The van der Waals surface area contributed by atoms with Gasteiger partial charge in [0, 0.05) is 19.6 Å². The van der Waals surface area contributed by atoms with Crippen molar-refractivity contribution < 1.29 is 24.2 Å². The minimum Gasteiger partial charge on any atom is -0.479 e. The molecule has 0 radical (unpaired) electrons. The molecule has 0 aliphatic carbocycles. The number of nitrogens with one attached hydrogen (secondary N) is 2. The van der Waals surface area contributed by atoms with E-state index in [0.29, 0.717) is 19.8 Å². The zero-order valence-corrected chi connectivity index (χ0v) is 10.1. The SMILES string of the molecule is O=C(NC1CCCOC1)NC1(C(=O)O)CCOC1. The number of aliphatic carboxylic acids is 1. The van der Waals surface area contributed by atoms with Crippen LogP contribution in [0.1, 0.15) is 19.3 Å². The van der Waals surface area contributed by atoms with Gasteiger partial charge in [0.15, 0.2) is 5.54 Å². The van der Waals surface area contributed by atoms with Gasteiger partial charge in [-0.25, -0.2) is 9.59 Å². The van der Waals surface area contributed by atoms with Crippen LogP contribution in [0.2, 0.25) is 0 Å². The molecule has 18 heavy (non-hydrogen) atoms. The van der Waals surface area contributed by atoms with Gasteiger partial charge in [0.1, 0.15) is 0 Å². The first-order chi connectivity index (χ1) is 8.62. The van der Waals surface area contributed by atoms with Crippen LogP contribution >= 0.6 is 0 Å². The lowest BCUT2D eigenvalue weighted by Crippen LogP contribution is -2.59. The highest BCUT2D eigenvalue weighted by molar-refractivity contribution is 5.86. The molecule has 3 N–H and O–H groups in total. The highest BCUT2D eigenvalue weighted by Gasteiger charge is 2.44. The van der Waals surface area contributed by atoms with Crippen molar-refractivity contribution in [2.75, 3.05) is 26.4 Å². The lowest BCUT2D eigenvalue weighted by atomic mass is 9.99. The Hall–Kier alpha value is -1.34. The molecular weight excluding hydrogens is 240 g/mol. The van der Waals surface area contributed by atoms with Gasteiger partial charge in [0.05, 0.1) is 19.3 Å². The molecule has 2 heterocycles. The number of hydrogen-bond acceptors (Lipinski definition) is 4. The summed E-state index contributed by atoms with van der Waals surface area (Å²) in [4.78, 5) is 23.0. The van der Waals surface area contributed by atoms with Crippen molar-refractivity contribution >= 4 is 12.0 Å². The van der Waals surface area contributed by atoms with Gasteiger partial charge >= 0.3 is 12.0 Å². The van der Waals surface area contributed by atoms with Crippen molar-refractivity contribution in [3.8, 4) is 0 Å². The van der Waals surface area contributed by atoms with Crippen LogP contribution < -0.4 is 10.6 Å². The molecule has 2 atom stereocenters. The lowest BCUT2D eigenvalue weighted by Gasteiger charge is -2.27. The molecule has 2 fully saturated rings. The monoisotopic (exact) mass is 258 g/mol. The predicted molar refractivity (Wildman–Crippen MR) is 61.3 cm³/mol. The summed E-state index contributed by atoms with van der Waals surface area (Å²) in [5.41, 5.74) is -1.29. The summed E-state index contributed by atoms with van der Waals surface area (Å²) in [7, 11) is 0. The van der Waals surface area contributed by atoms with Crippen LogP contribution in [-0.4, -0.2) is 55.1 Å². The van der Waals surface area contributed by atoms with Crippen LogP contribution in [0.4, 0.5) is 4.79 Å². The molecule has 2 saturated heterocycles. The fraction of sp³-hybridized carbons (Fsp3) is 0.818. The molecular formula is C11H18N2O5. The average molecular weight is 258 g/mol. The van der Waals surface area contributed by atoms with Gasteiger partial charge in [-0.15, -0.1) is 0 Å². The molecule has 0 aromatic rings. The van der Waals surface area contributed by atoms with E-state index in [-0.39, 0.29) is 19.1 Å². The molecule has 2 unspecified atom stereocenters.